The zero-order chi connectivity index (χ0) is 14.8. The molecule has 3 heterocycles. The predicted octanol–water partition coefficient (Wildman–Crippen LogP) is 1.10. The van der Waals surface area contributed by atoms with Crippen molar-refractivity contribution in [2.75, 3.05) is 19.7 Å². The van der Waals surface area contributed by atoms with Crippen LogP contribution in [-0.4, -0.2) is 46.2 Å². The number of aryl methyl sites for hydroxylation is 1. The third-order valence-corrected chi connectivity index (χ3v) is 4.43. The molecular formula is C14H17N3O3S. The molecule has 3 rings (SSSR count). The molecule has 1 unspecified atom stereocenters. The highest BCUT2D eigenvalue weighted by molar-refractivity contribution is 7.16. The summed E-state index contributed by atoms with van der Waals surface area (Å²) >= 11 is 1.44. The first-order valence-electron chi connectivity index (χ1n) is 6.97. The van der Waals surface area contributed by atoms with E-state index in [0.29, 0.717) is 38.0 Å². The smallest absolute Gasteiger partial charge is 0.262 e. The third-order valence-electron chi connectivity index (χ3n) is 3.61. The summed E-state index contributed by atoms with van der Waals surface area (Å²) in [5.74, 6) is 0.0578. The highest BCUT2D eigenvalue weighted by Gasteiger charge is 2.21. The molecule has 7 heteroatoms. The molecule has 21 heavy (non-hydrogen) atoms. The van der Waals surface area contributed by atoms with E-state index in [1.807, 2.05) is 12.3 Å². The number of hydrogen-bond acceptors (Lipinski definition) is 5. The zero-order valence-corrected chi connectivity index (χ0v) is 12.6. The standard InChI is InChI=1S/C14H17N3O3S/c1-10-8-16(5-6-20-10)12(18)2-4-17-9-15-13-11(14(17)19)3-7-21-13/h3,7,9-10H,2,4-6,8H2,1H3. The van der Waals surface area contributed by atoms with Crippen molar-refractivity contribution < 1.29 is 9.53 Å². The van der Waals surface area contributed by atoms with Crippen molar-refractivity contribution in [1.82, 2.24) is 14.5 Å². The summed E-state index contributed by atoms with van der Waals surface area (Å²) in [5.41, 5.74) is -0.0793. The van der Waals surface area contributed by atoms with Crippen molar-refractivity contribution in [3.63, 3.8) is 0 Å². The normalized spacial score (nSPS) is 19.1. The van der Waals surface area contributed by atoms with E-state index in [9.17, 15) is 9.59 Å². The Balaban J connectivity index is 1.67. The molecule has 0 radical (unpaired) electrons. The molecule has 1 aliphatic heterocycles. The van der Waals surface area contributed by atoms with Gasteiger partial charge in [0, 0.05) is 26.1 Å². The molecule has 112 valence electrons. The Bertz CT molecular complexity index is 709. The van der Waals surface area contributed by atoms with Gasteiger partial charge < -0.3 is 9.64 Å². The maximum Gasteiger partial charge on any atom is 0.262 e. The second-order valence-corrected chi connectivity index (χ2v) is 6.05. The van der Waals surface area contributed by atoms with Gasteiger partial charge in [0.1, 0.15) is 4.83 Å². The molecule has 0 spiro atoms. The van der Waals surface area contributed by atoms with Gasteiger partial charge >= 0.3 is 0 Å². The van der Waals surface area contributed by atoms with Gasteiger partial charge in [0.2, 0.25) is 5.91 Å². The number of amides is 1. The summed E-state index contributed by atoms with van der Waals surface area (Å²) in [6.45, 7) is 4.14. The van der Waals surface area contributed by atoms with E-state index in [4.69, 9.17) is 4.74 Å². The van der Waals surface area contributed by atoms with E-state index in [1.54, 1.807) is 11.0 Å². The van der Waals surface area contributed by atoms with Crippen molar-refractivity contribution in [3.8, 4) is 0 Å². The van der Waals surface area contributed by atoms with Crippen molar-refractivity contribution in [3.05, 3.63) is 28.1 Å². The molecule has 1 fully saturated rings. The minimum atomic E-state index is -0.0793. The Hall–Kier alpha value is -1.73. The molecule has 0 saturated carbocycles. The molecule has 0 bridgehead atoms. The number of fused-ring (bicyclic) bond motifs is 1. The third kappa shape index (κ3) is 2.98. The van der Waals surface area contributed by atoms with Crippen LogP contribution in [-0.2, 0) is 16.1 Å². The summed E-state index contributed by atoms with van der Waals surface area (Å²) < 4.78 is 6.93. The van der Waals surface area contributed by atoms with Crippen LogP contribution in [0.2, 0.25) is 0 Å². The Morgan fingerprint density at radius 1 is 1.57 bits per heavy atom. The van der Waals surface area contributed by atoms with Gasteiger partial charge in [0.05, 0.1) is 24.4 Å². The Kier molecular flexibility index (Phi) is 4.03. The Labute approximate surface area is 126 Å². The van der Waals surface area contributed by atoms with Crippen molar-refractivity contribution >= 4 is 27.5 Å². The Morgan fingerprint density at radius 2 is 2.43 bits per heavy atom. The summed E-state index contributed by atoms with van der Waals surface area (Å²) in [6.07, 6.45) is 1.91. The number of carbonyl (C=O) groups is 1. The number of hydrogen-bond donors (Lipinski definition) is 0. The molecule has 1 atom stereocenters. The topological polar surface area (TPSA) is 64.4 Å². The number of ether oxygens (including phenoxy) is 1. The van der Waals surface area contributed by atoms with Crippen LogP contribution in [0.5, 0.6) is 0 Å². The molecule has 6 nitrogen and oxygen atoms in total. The fraction of sp³-hybridized carbons (Fsp3) is 0.500. The second kappa shape index (κ2) is 5.95. The largest absolute Gasteiger partial charge is 0.375 e. The van der Waals surface area contributed by atoms with Crippen molar-refractivity contribution in [2.45, 2.75) is 26.0 Å². The van der Waals surface area contributed by atoms with Crippen LogP contribution < -0.4 is 5.56 Å². The van der Waals surface area contributed by atoms with Gasteiger partial charge in [0.25, 0.3) is 5.56 Å². The van der Waals surface area contributed by atoms with Crippen LogP contribution in [0.25, 0.3) is 10.2 Å². The van der Waals surface area contributed by atoms with Crippen LogP contribution in [0, 0.1) is 0 Å². The Morgan fingerprint density at radius 3 is 3.24 bits per heavy atom. The fourth-order valence-electron chi connectivity index (χ4n) is 2.47. The van der Waals surface area contributed by atoms with Crippen LogP contribution in [0.4, 0.5) is 0 Å². The van der Waals surface area contributed by atoms with Crippen LogP contribution >= 0.6 is 11.3 Å². The number of thiophene rings is 1. The lowest BCUT2D eigenvalue weighted by atomic mass is 10.2. The van der Waals surface area contributed by atoms with E-state index in [1.165, 1.54) is 22.2 Å². The summed E-state index contributed by atoms with van der Waals surface area (Å²) in [7, 11) is 0. The summed E-state index contributed by atoms with van der Waals surface area (Å²) in [4.78, 5) is 31.2. The van der Waals surface area contributed by atoms with E-state index in [0.717, 1.165) is 4.83 Å². The number of morpholine rings is 1. The molecular weight excluding hydrogens is 290 g/mol. The first-order chi connectivity index (χ1) is 10.1. The second-order valence-electron chi connectivity index (χ2n) is 5.15. The monoisotopic (exact) mass is 307 g/mol. The van der Waals surface area contributed by atoms with Crippen LogP contribution in [0.1, 0.15) is 13.3 Å². The van der Waals surface area contributed by atoms with Gasteiger partial charge in [-0.05, 0) is 18.4 Å². The van der Waals surface area contributed by atoms with Crippen molar-refractivity contribution in [1.29, 1.82) is 0 Å². The number of carbonyl (C=O) groups excluding carboxylic acids is 1. The minimum Gasteiger partial charge on any atom is -0.375 e. The minimum absolute atomic E-state index is 0.0578. The quantitative estimate of drug-likeness (QED) is 0.851. The summed E-state index contributed by atoms with van der Waals surface area (Å²) in [6, 6.07) is 1.78. The molecule has 2 aromatic rings. The highest BCUT2D eigenvalue weighted by atomic mass is 32.1. The van der Waals surface area contributed by atoms with Gasteiger partial charge in [-0.3, -0.25) is 14.2 Å². The van der Waals surface area contributed by atoms with Crippen molar-refractivity contribution in [2.24, 2.45) is 0 Å². The average molecular weight is 307 g/mol. The highest BCUT2D eigenvalue weighted by Crippen LogP contribution is 2.13. The molecule has 0 aliphatic carbocycles. The zero-order valence-electron chi connectivity index (χ0n) is 11.8. The van der Waals surface area contributed by atoms with Gasteiger partial charge in [-0.1, -0.05) is 0 Å². The molecule has 0 aromatic carbocycles. The fourth-order valence-corrected chi connectivity index (χ4v) is 3.20. The maximum absolute atomic E-state index is 12.2. The van der Waals surface area contributed by atoms with Crippen LogP contribution in [0.3, 0.4) is 0 Å². The van der Waals surface area contributed by atoms with Gasteiger partial charge in [-0.2, -0.15) is 0 Å². The SMILES string of the molecule is CC1CN(C(=O)CCn2cnc3sccc3c2=O)CCO1. The predicted molar refractivity (Wildman–Crippen MR) is 80.5 cm³/mol. The summed E-state index contributed by atoms with van der Waals surface area (Å²) in [5, 5.41) is 2.47. The van der Waals surface area contributed by atoms with Gasteiger partial charge in [-0.15, -0.1) is 11.3 Å². The maximum atomic E-state index is 12.2. The lowest BCUT2D eigenvalue weighted by Crippen LogP contribution is -2.44. The van der Waals surface area contributed by atoms with Gasteiger partial charge in [-0.25, -0.2) is 4.98 Å². The van der Waals surface area contributed by atoms with Crippen LogP contribution in [0.15, 0.2) is 22.6 Å². The molecule has 1 aliphatic rings. The number of aromatic nitrogens is 2. The number of rotatable bonds is 3. The average Bonchev–Trinajstić information content (AvgIpc) is 2.95. The van der Waals surface area contributed by atoms with E-state index < -0.39 is 0 Å². The first-order valence-corrected chi connectivity index (χ1v) is 7.85. The number of nitrogens with zero attached hydrogens (tertiary/aromatic N) is 3. The molecule has 1 amide bonds. The van der Waals surface area contributed by atoms with E-state index in [-0.39, 0.29) is 17.6 Å². The lowest BCUT2D eigenvalue weighted by Gasteiger charge is -2.31. The van der Waals surface area contributed by atoms with E-state index in [2.05, 4.69) is 4.98 Å². The molecule has 2 aromatic heterocycles. The van der Waals surface area contributed by atoms with Gasteiger partial charge in [0.15, 0.2) is 0 Å². The lowest BCUT2D eigenvalue weighted by molar-refractivity contribution is -0.138. The molecule has 1 saturated heterocycles. The van der Waals surface area contributed by atoms with E-state index >= 15 is 0 Å². The first kappa shape index (κ1) is 14.2. The molecule has 0 N–H and O–H groups in total.